The third kappa shape index (κ3) is 2.52. The third-order valence-electron chi connectivity index (χ3n) is 2.94. The Morgan fingerprint density at radius 3 is 2.82 bits per heavy atom. The number of hydrogen-bond donors (Lipinski definition) is 1. The third-order valence-corrected chi connectivity index (χ3v) is 2.94. The van der Waals surface area contributed by atoms with Gasteiger partial charge in [0, 0.05) is 18.9 Å². The van der Waals surface area contributed by atoms with Crippen LogP contribution in [0.5, 0.6) is 11.5 Å². The summed E-state index contributed by atoms with van der Waals surface area (Å²) in [7, 11) is 1.62. The first-order valence-electron chi connectivity index (χ1n) is 5.82. The highest BCUT2D eigenvalue weighted by atomic mass is 16.5. The van der Waals surface area contributed by atoms with E-state index in [-0.39, 0.29) is 11.8 Å². The Balaban J connectivity index is 2.22. The molecular weight excluding hydrogens is 218 g/mol. The first-order chi connectivity index (χ1) is 8.24. The van der Waals surface area contributed by atoms with Crippen molar-refractivity contribution in [1.82, 2.24) is 5.32 Å². The van der Waals surface area contributed by atoms with Crippen LogP contribution in [0.1, 0.15) is 24.8 Å². The van der Waals surface area contributed by atoms with E-state index in [1.54, 1.807) is 7.11 Å². The van der Waals surface area contributed by atoms with E-state index < -0.39 is 0 Å². The number of carbonyl (C=O) groups is 1. The summed E-state index contributed by atoms with van der Waals surface area (Å²) in [5.74, 6) is 1.83. The van der Waals surface area contributed by atoms with E-state index in [0.29, 0.717) is 19.6 Å². The van der Waals surface area contributed by atoms with Crippen LogP contribution in [0.4, 0.5) is 0 Å². The molecule has 1 aromatic carbocycles. The SMILES string of the molecule is CCOc1ccc([C@@H]2CNC(=O)C2)cc1OC. The van der Waals surface area contributed by atoms with Crippen molar-refractivity contribution in [3.63, 3.8) is 0 Å². The minimum atomic E-state index is 0.114. The zero-order valence-corrected chi connectivity index (χ0v) is 10.2. The molecule has 1 saturated heterocycles. The molecule has 0 aliphatic carbocycles. The van der Waals surface area contributed by atoms with Gasteiger partial charge in [-0.3, -0.25) is 4.79 Å². The molecular formula is C13H17NO3. The van der Waals surface area contributed by atoms with Crippen LogP contribution in [0.2, 0.25) is 0 Å². The van der Waals surface area contributed by atoms with Gasteiger partial charge in [-0.15, -0.1) is 0 Å². The highest BCUT2D eigenvalue weighted by Gasteiger charge is 2.23. The predicted molar refractivity (Wildman–Crippen MR) is 64.5 cm³/mol. The van der Waals surface area contributed by atoms with Crippen molar-refractivity contribution >= 4 is 5.91 Å². The highest BCUT2D eigenvalue weighted by molar-refractivity contribution is 5.79. The summed E-state index contributed by atoms with van der Waals surface area (Å²) in [6.45, 7) is 3.25. The fourth-order valence-electron chi connectivity index (χ4n) is 2.05. The molecule has 1 aromatic rings. The molecule has 1 aliphatic heterocycles. The number of methoxy groups -OCH3 is 1. The van der Waals surface area contributed by atoms with E-state index in [2.05, 4.69) is 5.32 Å². The first kappa shape index (κ1) is 11.8. The summed E-state index contributed by atoms with van der Waals surface area (Å²) in [6.07, 6.45) is 0.553. The minimum Gasteiger partial charge on any atom is -0.493 e. The van der Waals surface area contributed by atoms with Gasteiger partial charge in [-0.25, -0.2) is 0 Å². The summed E-state index contributed by atoms with van der Waals surface area (Å²) in [5.41, 5.74) is 1.11. The summed E-state index contributed by atoms with van der Waals surface area (Å²) in [6, 6.07) is 5.86. The van der Waals surface area contributed by atoms with Crippen molar-refractivity contribution in [3.8, 4) is 11.5 Å². The lowest BCUT2D eigenvalue weighted by molar-refractivity contribution is -0.119. The average Bonchev–Trinajstić information content (AvgIpc) is 2.77. The Bertz CT molecular complexity index is 417. The van der Waals surface area contributed by atoms with Crippen molar-refractivity contribution in [3.05, 3.63) is 23.8 Å². The second-order valence-electron chi connectivity index (χ2n) is 4.05. The van der Waals surface area contributed by atoms with Crippen LogP contribution in [-0.2, 0) is 4.79 Å². The van der Waals surface area contributed by atoms with Crippen LogP contribution >= 0.6 is 0 Å². The summed E-state index contributed by atoms with van der Waals surface area (Å²) in [5, 5.41) is 2.83. The number of ether oxygens (including phenoxy) is 2. The molecule has 92 valence electrons. The summed E-state index contributed by atoms with van der Waals surface area (Å²) < 4.78 is 10.8. The summed E-state index contributed by atoms with van der Waals surface area (Å²) in [4.78, 5) is 11.2. The molecule has 2 rings (SSSR count). The van der Waals surface area contributed by atoms with E-state index >= 15 is 0 Å². The van der Waals surface area contributed by atoms with Gasteiger partial charge in [0.25, 0.3) is 0 Å². The maximum atomic E-state index is 11.2. The van der Waals surface area contributed by atoms with Gasteiger partial charge >= 0.3 is 0 Å². The van der Waals surface area contributed by atoms with Crippen LogP contribution < -0.4 is 14.8 Å². The fraction of sp³-hybridized carbons (Fsp3) is 0.462. The molecule has 0 saturated carbocycles. The number of rotatable bonds is 4. The van der Waals surface area contributed by atoms with Gasteiger partial charge in [-0.1, -0.05) is 6.07 Å². The fourth-order valence-corrected chi connectivity index (χ4v) is 2.05. The van der Waals surface area contributed by atoms with Gasteiger partial charge < -0.3 is 14.8 Å². The maximum absolute atomic E-state index is 11.2. The van der Waals surface area contributed by atoms with E-state index in [1.807, 2.05) is 25.1 Å². The molecule has 0 bridgehead atoms. The molecule has 4 nitrogen and oxygen atoms in total. The van der Waals surface area contributed by atoms with Crippen LogP contribution in [0.15, 0.2) is 18.2 Å². The molecule has 4 heteroatoms. The lowest BCUT2D eigenvalue weighted by Gasteiger charge is -2.13. The number of carbonyl (C=O) groups excluding carboxylic acids is 1. The molecule has 0 unspecified atom stereocenters. The van der Waals surface area contributed by atoms with Crippen molar-refractivity contribution in [2.75, 3.05) is 20.3 Å². The standard InChI is InChI=1S/C13H17NO3/c1-3-17-11-5-4-9(6-12(11)16-2)10-7-13(15)14-8-10/h4-6,10H,3,7-8H2,1-2H3,(H,14,15)/t10-/m0/s1. The molecule has 1 heterocycles. The number of hydrogen-bond acceptors (Lipinski definition) is 3. The Morgan fingerprint density at radius 1 is 1.41 bits per heavy atom. The van der Waals surface area contributed by atoms with Crippen molar-refractivity contribution in [2.24, 2.45) is 0 Å². The Hall–Kier alpha value is -1.71. The van der Waals surface area contributed by atoms with E-state index in [9.17, 15) is 4.79 Å². The normalized spacial score (nSPS) is 18.9. The molecule has 1 aliphatic rings. The van der Waals surface area contributed by atoms with E-state index in [1.165, 1.54) is 0 Å². The smallest absolute Gasteiger partial charge is 0.220 e. The zero-order chi connectivity index (χ0) is 12.3. The predicted octanol–water partition coefficient (Wildman–Crippen LogP) is 1.70. The van der Waals surface area contributed by atoms with Crippen LogP contribution in [0, 0.1) is 0 Å². The Morgan fingerprint density at radius 2 is 2.24 bits per heavy atom. The van der Waals surface area contributed by atoms with Gasteiger partial charge in [0.05, 0.1) is 13.7 Å². The second-order valence-corrected chi connectivity index (χ2v) is 4.05. The Kier molecular flexibility index (Phi) is 3.52. The molecule has 17 heavy (non-hydrogen) atoms. The summed E-state index contributed by atoms with van der Waals surface area (Å²) >= 11 is 0. The van der Waals surface area contributed by atoms with Gasteiger partial charge in [-0.2, -0.15) is 0 Å². The molecule has 0 aromatic heterocycles. The minimum absolute atomic E-state index is 0.114. The Labute approximate surface area is 101 Å². The highest BCUT2D eigenvalue weighted by Crippen LogP contribution is 2.32. The lowest BCUT2D eigenvalue weighted by Crippen LogP contribution is -2.13. The number of nitrogens with one attached hydrogen (secondary N) is 1. The van der Waals surface area contributed by atoms with Crippen LogP contribution in [0.25, 0.3) is 0 Å². The maximum Gasteiger partial charge on any atom is 0.220 e. The van der Waals surface area contributed by atoms with E-state index in [0.717, 1.165) is 17.1 Å². The molecule has 0 radical (unpaired) electrons. The first-order valence-corrected chi connectivity index (χ1v) is 5.82. The second kappa shape index (κ2) is 5.08. The number of benzene rings is 1. The van der Waals surface area contributed by atoms with Gasteiger partial charge in [-0.05, 0) is 24.6 Å². The van der Waals surface area contributed by atoms with E-state index in [4.69, 9.17) is 9.47 Å². The quantitative estimate of drug-likeness (QED) is 0.864. The molecule has 1 fully saturated rings. The monoisotopic (exact) mass is 235 g/mol. The molecule has 0 spiro atoms. The van der Waals surface area contributed by atoms with Gasteiger partial charge in [0.2, 0.25) is 5.91 Å². The molecule has 1 N–H and O–H groups in total. The van der Waals surface area contributed by atoms with Crippen LogP contribution in [-0.4, -0.2) is 26.2 Å². The topological polar surface area (TPSA) is 47.6 Å². The lowest BCUT2D eigenvalue weighted by atomic mass is 9.98. The van der Waals surface area contributed by atoms with Crippen LogP contribution in [0.3, 0.4) is 0 Å². The van der Waals surface area contributed by atoms with Crippen molar-refractivity contribution in [2.45, 2.75) is 19.3 Å². The average molecular weight is 235 g/mol. The number of amides is 1. The van der Waals surface area contributed by atoms with Gasteiger partial charge in [0.1, 0.15) is 0 Å². The molecule has 1 atom stereocenters. The van der Waals surface area contributed by atoms with Gasteiger partial charge in [0.15, 0.2) is 11.5 Å². The molecule has 1 amide bonds. The van der Waals surface area contributed by atoms with Crippen molar-refractivity contribution in [1.29, 1.82) is 0 Å². The largest absolute Gasteiger partial charge is 0.493 e. The zero-order valence-electron chi connectivity index (χ0n) is 10.2. The van der Waals surface area contributed by atoms with Crippen molar-refractivity contribution < 1.29 is 14.3 Å².